The van der Waals surface area contributed by atoms with Crippen molar-refractivity contribution in [1.82, 2.24) is 9.78 Å². The Balaban J connectivity index is 2.52. The summed E-state index contributed by atoms with van der Waals surface area (Å²) >= 11 is 3.38. The number of aryl methyl sites for hydroxylation is 2. The monoisotopic (exact) mass is 258 g/mol. The van der Waals surface area contributed by atoms with Gasteiger partial charge in [-0.3, -0.25) is 9.48 Å². The van der Waals surface area contributed by atoms with E-state index in [9.17, 15) is 4.79 Å². The fourth-order valence-electron chi connectivity index (χ4n) is 1.97. The first-order chi connectivity index (χ1) is 6.61. The fourth-order valence-corrected chi connectivity index (χ4v) is 2.55. The average Bonchev–Trinajstić information content (AvgIpc) is 2.43. The van der Waals surface area contributed by atoms with Gasteiger partial charge in [0.1, 0.15) is 4.60 Å². The second kappa shape index (κ2) is 3.38. The molecule has 0 saturated heterocycles. The Morgan fingerprint density at radius 3 is 3.07 bits per heavy atom. The number of rotatable bonds is 1. The molecule has 0 spiro atoms. The van der Waals surface area contributed by atoms with Crippen LogP contribution in [0.4, 0.5) is 0 Å². The van der Waals surface area contributed by atoms with Gasteiger partial charge in [0, 0.05) is 12.6 Å². The van der Waals surface area contributed by atoms with E-state index in [-0.39, 0.29) is 5.92 Å². The summed E-state index contributed by atoms with van der Waals surface area (Å²) in [4.78, 5) is 11.0. The van der Waals surface area contributed by atoms with E-state index in [0.29, 0.717) is 6.42 Å². The van der Waals surface area contributed by atoms with Crippen molar-refractivity contribution in [3.8, 4) is 0 Å². The normalized spacial score (nSPS) is 20.6. The Morgan fingerprint density at radius 2 is 2.43 bits per heavy atom. The van der Waals surface area contributed by atoms with Crippen LogP contribution in [0.5, 0.6) is 0 Å². The quantitative estimate of drug-likeness (QED) is 0.834. The summed E-state index contributed by atoms with van der Waals surface area (Å²) < 4.78 is 2.51. The zero-order valence-electron chi connectivity index (χ0n) is 7.83. The van der Waals surface area contributed by atoms with Crippen molar-refractivity contribution in [3.63, 3.8) is 0 Å². The summed E-state index contributed by atoms with van der Waals surface area (Å²) in [5, 5.41) is 13.4. The highest BCUT2D eigenvalue weighted by Crippen LogP contribution is 2.36. The average molecular weight is 259 g/mol. The molecular weight excluding hydrogens is 248 g/mol. The van der Waals surface area contributed by atoms with Crippen LogP contribution in [0.1, 0.15) is 30.0 Å². The van der Waals surface area contributed by atoms with Crippen molar-refractivity contribution in [2.45, 2.75) is 25.2 Å². The zero-order valence-corrected chi connectivity index (χ0v) is 9.41. The summed E-state index contributed by atoms with van der Waals surface area (Å²) in [5.41, 5.74) is 1.80. The van der Waals surface area contributed by atoms with E-state index >= 15 is 0 Å². The molecule has 0 bridgehead atoms. The first kappa shape index (κ1) is 9.71. The van der Waals surface area contributed by atoms with Gasteiger partial charge in [0.05, 0.1) is 11.6 Å². The van der Waals surface area contributed by atoms with E-state index in [1.165, 1.54) is 0 Å². The highest BCUT2D eigenvalue weighted by Gasteiger charge is 2.31. The molecule has 1 unspecified atom stereocenters. The van der Waals surface area contributed by atoms with E-state index in [0.717, 1.165) is 28.7 Å². The molecule has 1 aliphatic rings. The molecular formula is C9H11BrN2O2. The summed E-state index contributed by atoms with van der Waals surface area (Å²) in [6.45, 7) is 0. The number of aromatic nitrogens is 2. The van der Waals surface area contributed by atoms with Gasteiger partial charge in [-0.05, 0) is 35.2 Å². The fraction of sp³-hybridized carbons (Fsp3) is 0.556. The predicted molar refractivity (Wildman–Crippen MR) is 54.2 cm³/mol. The molecule has 0 aliphatic heterocycles. The Morgan fingerprint density at radius 1 is 1.71 bits per heavy atom. The molecule has 1 aliphatic carbocycles. The van der Waals surface area contributed by atoms with Gasteiger partial charge >= 0.3 is 5.97 Å². The van der Waals surface area contributed by atoms with Gasteiger partial charge < -0.3 is 5.11 Å². The number of fused-ring (bicyclic) bond motifs is 1. The van der Waals surface area contributed by atoms with Gasteiger partial charge in [-0.15, -0.1) is 0 Å². The first-order valence-electron chi connectivity index (χ1n) is 4.55. The molecule has 1 atom stereocenters. The van der Waals surface area contributed by atoms with Gasteiger partial charge in [0.2, 0.25) is 0 Å². The highest BCUT2D eigenvalue weighted by atomic mass is 79.9. The van der Waals surface area contributed by atoms with E-state index in [4.69, 9.17) is 5.11 Å². The van der Waals surface area contributed by atoms with Crippen LogP contribution in [0.3, 0.4) is 0 Å². The number of hydrogen-bond donors (Lipinski definition) is 1. The molecule has 0 fully saturated rings. The number of nitrogens with zero attached hydrogens (tertiary/aromatic N) is 2. The minimum atomic E-state index is -0.750. The Labute approximate surface area is 90.0 Å². The third-order valence-corrected chi connectivity index (χ3v) is 3.58. The molecule has 1 heterocycles. The lowest BCUT2D eigenvalue weighted by molar-refractivity contribution is -0.139. The molecule has 1 aromatic rings. The third-order valence-electron chi connectivity index (χ3n) is 2.64. The van der Waals surface area contributed by atoms with Crippen LogP contribution in [0.2, 0.25) is 0 Å². The van der Waals surface area contributed by atoms with Gasteiger partial charge in [0.15, 0.2) is 0 Å². The molecule has 0 saturated carbocycles. The molecule has 0 aromatic carbocycles. The molecule has 0 radical (unpaired) electrons. The third kappa shape index (κ3) is 1.35. The number of hydrogen-bond acceptors (Lipinski definition) is 2. The number of carbonyl (C=O) groups is 1. The molecule has 0 amide bonds. The topological polar surface area (TPSA) is 55.1 Å². The summed E-state index contributed by atoms with van der Waals surface area (Å²) in [6.07, 6.45) is 2.51. The number of aliphatic carboxylic acids is 1. The van der Waals surface area contributed by atoms with Crippen LogP contribution in [-0.2, 0) is 18.3 Å². The Bertz CT molecular complexity index is 386. The molecule has 2 rings (SSSR count). The van der Waals surface area contributed by atoms with Crippen LogP contribution in [0, 0.1) is 0 Å². The second-order valence-corrected chi connectivity index (χ2v) is 4.31. The predicted octanol–water partition coefficient (Wildman–Crippen LogP) is 1.69. The summed E-state index contributed by atoms with van der Waals surface area (Å²) in [6, 6.07) is 0. The zero-order chi connectivity index (χ0) is 10.3. The minimum Gasteiger partial charge on any atom is -0.481 e. The Kier molecular flexibility index (Phi) is 2.34. The van der Waals surface area contributed by atoms with Crippen molar-refractivity contribution < 1.29 is 9.90 Å². The van der Waals surface area contributed by atoms with Crippen LogP contribution >= 0.6 is 15.9 Å². The van der Waals surface area contributed by atoms with Crippen molar-refractivity contribution >= 4 is 21.9 Å². The van der Waals surface area contributed by atoms with Crippen LogP contribution < -0.4 is 0 Å². The molecule has 4 nitrogen and oxygen atoms in total. The van der Waals surface area contributed by atoms with Crippen molar-refractivity contribution in [2.75, 3.05) is 0 Å². The van der Waals surface area contributed by atoms with E-state index in [1.807, 2.05) is 7.05 Å². The highest BCUT2D eigenvalue weighted by molar-refractivity contribution is 9.10. The van der Waals surface area contributed by atoms with Crippen LogP contribution in [-0.4, -0.2) is 20.9 Å². The van der Waals surface area contributed by atoms with Gasteiger partial charge in [-0.25, -0.2) is 0 Å². The van der Waals surface area contributed by atoms with E-state index in [1.54, 1.807) is 4.68 Å². The maximum atomic E-state index is 11.0. The van der Waals surface area contributed by atoms with E-state index < -0.39 is 5.97 Å². The standard InChI is InChI=1S/C9H11BrN2O2/c1-12-8(10)7-5(9(13)14)3-2-4-6(7)11-12/h5H,2-4H2,1H3,(H,13,14). The summed E-state index contributed by atoms with van der Waals surface area (Å²) in [5.74, 6) is -1.14. The molecule has 1 N–H and O–H groups in total. The van der Waals surface area contributed by atoms with E-state index in [2.05, 4.69) is 21.0 Å². The van der Waals surface area contributed by atoms with Gasteiger partial charge in [-0.2, -0.15) is 5.10 Å². The molecule has 76 valence electrons. The Hall–Kier alpha value is -0.840. The lowest BCUT2D eigenvalue weighted by atomic mass is 9.87. The molecule has 14 heavy (non-hydrogen) atoms. The van der Waals surface area contributed by atoms with Crippen LogP contribution in [0.25, 0.3) is 0 Å². The van der Waals surface area contributed by atoms with Gasteiger partial charge in [-0.1, -0.05) is 0 Å². The first-order valence-corrected chi connectivity index (χ1v) is 5.34. The molecule has 5 heteroatoms. The van der Waals surface area contributed by atoms with Gasteiger partial charge in [0.25, 0.3) is 0 Å². The maximum Gasteiger partial charge on any atom is 0.311 e. The number of carboxylic acid groups (broad SMARTS) is 1. The smallest absolute Gasteiger partial charge is 0.311 e. The van der Waals surface area contributed by atoms with Crippen molar-refractivity contribution in [3.05, 3.63) is 15.9 Å². The minimum absolute atomic E-state index is 0.387. The lowest BCUT2D eigenvalue weighted by Crippen LogP contribution is -2.17. The maximum absolute atomic E-state index is 11.0. The molecule has 1 aromatic heterocycles. The summed E-state index contributed by atoms with van der Waals surface area (Å²) in [7, 11) is 1.82. The van der Waals surface area contributed by atoms with Crippen LogP contribution in [0.15, 0.2) is 4.60 Å². The number of halogens is 1. The SMILES string of the molecule is Cn1nc2c(c1Br)C(C(=O)O)CCC2. The van der Waals surface area contributed by atoms with Crippen molar-refractivity contribution in [1.29, 1.82) is 0 Å². The largest absolute Gasteiger partial charge is 0.481 e. The second-order valence-electron chi connectivity index (χ2n) is 3.56. The lowest BCUT2D eigenvalue weighted by Gasteiger charge is -2.17. The number of carboxylic acids is 1. The van der Waals surface area contributed by atoms with Crippen molar-refractivity contribution in [2.24, 2.45) is 7.05 Å².